The smallest absolute Gasteiger partial charge is 0.273 e. The molecule has 0 saturated heterocycles. The summed E-state index contributed by atoms with van der Waals surface area (Å²) in [7, 11) is 1.54. The van der Waals surface area contributed by atoms with Crippen molar-refractivity contribution < 1.29 is 9.53 Å². The number of amides is 1. The van der Waals surface area contributed by atoms with Gasteiger partial charge in [0.05, 0.1) is 34.2 Å². The number of aromatic nitrogens is 3. The average Bonchev–Trinajstić information content (AvgIpc) is 2.69. The van der Waals surface area contributed by atoms with Gasteiger partial charge in [0.25, 0.3) is 11.5 Å². The van der Waals surface area contributed by atoms with Gasteiger partial charge in [0.1, 0.15) is 17.7 Å². The minimum Gasteiger partial charge on any atom is -0.383 e. The second-order valence-corrected chi connectivity index (χ2v) is 7.59. The Labute approximate surface area is 188 Å². The standard InChI is InChI=1S/C20H20Cl2N6O3/c1-10(23)12-5-13(7-25-6-12)27-19(29)16-18(24)26-9-28(20(16)30)17-14(21)3-11(8-31-2)4-15(17)22/h3-7,9-10H,8,23-24H2,1-2H3,(H,27,29)/t10-/m0/s1. The molecule has 2 aromatic heterocycles. The van der Waals surface area contributed by atoms with Gasteiger partial charge >= 0.3 is 0 Å². The quantitative estimate of drug-likeness (QED) is 0.511. The second kappa shape index (κ2) is 9.44. The van der Waals surface area contributed by atoms with E-state index < -0.39 is 11.5 Å². The first kappa shape index (κ1) is 22.7. The lowest BCUT2D eigenvalue weighted by atomic mass is 10.1. The Morgan fingerprint density at radius 2 is 1.94 bits per heavy atom. The van der Waals surface area contributed by atoms with Crippen molar-refractivity contribution in [1.82, 2.24) is 14.5 Å². The molecule has 2 heterocycles. The van der Waals surface area contributed by atoms with E-state index in [1.807, 2.05) is 0 Å². The maximum atomic E-state index is 13.1. The number of hydrogen-bond acceptors (Lipinski definition) is 7. The number of benzene rings is 1. The molecule has 0 radical (unpaired) electrons. The third-order valence-electron chi connectivity index (χ3n) is 4.40. The number of nitrogen functional groups attached to an aromatic ring is 1. The molecule has 9 nitrogen and oxygen atoms in total. The SMILES string of the molecule is COCc1cc(Cl)c(-n2cnc(N)c(C(=O)Nc3cncc([C@H](C)N)c3)c2=O)c(Cl)c1. The first-order valence-electron chi connectivity index (χ1n) is 9.09. The first-order valence-corrected chi connectivity index (χ1v) is 9.84. The summed E-state index contributed by atoms with van der Waals surface area (Å²) in [6.45, 7) is 2.07. The van der Waals surface area contributed by atoms with Crippen molar-refractivity contribution >= 4 is 40.6 Å². The highest BCUT2D eigenvalue weighted by Crippen LogP contribution is 2.30. The molecule has 3 aromatic rings. The van der Waals surface area contributed by atoms with Crippen LogP contribution in [0.15, 0.2) is 41.7 Å². The summed E-state index contributed by atoms with van der Waals surface area (Å²) in [4.78, 5) is 34.0. The van der Waals surface area contributed by atoms with Crippen LogP contribution in [-0.4, -0.2) is 27.6 Å². The predicted octanol–water partition coefficient (Wildman–Crippen LogP) is 2.93. The van der Waals surface area contributed by atoms with Crippen molar-refractivity contribution in [2.45, 2.75) is 19.6 Å². The summed E-state index contributed by atoms with van der Waals surface area (Å²) in [5, 5.41) is 2.97. The van der Waals surface area contributed by atoms with Gasteiger partial charge < -0.3 is 21.5 Å². The van der Waals surface area contributed by atoms with Crippen LogP contribution >= 0.6 is 23.2 Å². The second-order valence-electron chi connectivity index (χ2n) is 6.77. The number of carbonyl (C=O) groups excluding carboxylic acids is 1. The van der Waals surface area contributed by atoms with Crippen LogP contribution in [0.4, 0.5) is 11.5 Å². The fourth-order valence-electron chi connectivity index (χ4n) is 2.91. The lowest BCUT2D eigenvalue weighted by Crippen LogP contribution is -2.31. The molecule has 0 saturated carbocycles. The Balaban J connectivity index is 2.03. The van der Waals surface area contributed by atoms with Crippen molar-refractivity contribution in [3.05, 3.63) is 74.0 Å². The number of halogens is 2. The molecule has 0 aliphatic rings. The first-order chi connectivity index (χ1) is 14.7. The van der Waals surface area contributed by atoms with Crippen molar-refractivity contribution in [2.75, 3.05) is 18.2 Å². The van der Waals surface area contributed by atoms with E-state index in [1.165, 1.54) is 13.3 Å². The number of rotatable bonds is 6. The third kappa shape index (κ3) is 4.86. The molecule has 1 atom stereocenters. The number of carbonyl (C=O) groups is 1. The Morgan fingerprint density at radius 3 is 2.55 bits per heavy atom. The number of nitrogens with two attached hydrogens (primary N) is 2. The van der Waals surface area contributed by atoms with E-state index in [4.69, 9.17) is 39.4 Å². The van der Waals surface area contributed by atoms with Crippen LogP contribution in [0, 0.1) is 0 Å². The van der Waals surface area contributed by atoms with E-state index in [-0.39, 0.29) is 39.8 Å². The van der Waals surface area contributed by atoms with Crippen LogP contribution in [0.1, 0.15) is 34.5 Å². The zero-order valence-corrected chi connectivity index (χ0v) is 18.2. The number of pyridine rings is 1. The fourth-order valence-corrected chi connectivity index (χ4v) is 3.62. The monoisotopic (exact) mass is 462 g/mol. The largest absolute Gasteiger partial charge is 0.383 e. The molecule has 5 N–H and O–H groups in total. The minimum absolute atomic E-state index is 0.176. The van der Waals surface area contributed by atoms with Gasteiger partial charge in [-0.2, -0.15) is 0 Å². The van der Waals surface area contributed by atoms with Gasteiger partial charge in [0, 0.05) is 19.3 Å². The number of nitrogens with zero attached hydrogens (tertiary/aromatic N) is 3. The number of anilines is 2. The highest BCUT2D eigenvalue weighted by Gasteiger charge is 2.21. The summed E-state index contributed by atoms with van der Waals surface area (Å²) < 4.78 is 6.15. The zero-order valence-electron chi connectivity index (χ0n) is 16.7. The molecular weight excluding hydrogens is 443 g/mol. The molecule has 162 valence electrons. The molecular formula is C20H20Cl2N6O3. The van der Waals surface area contributed by atoms with Crippen LogP contribution < -0.4 is 22.3 Å². The Kier molecular flexibility index (Phi) is 6.91. The average molecular weight is 463 g/mol. The summed E-state index contributed by atoms with van der Waals surface area (Å²) in [6, 6.07) is 4.60. The molecule has 0 unspecified atom stereocenters. The molecule has 3 rings (SSSR count). The lowest BCUT2D eigenvalue weighted by molar-refractivity contribution is 0.102. The van der Waals surface area contributed by atoms with Crippen LogP contribution in [-0.2, 0) is 11.3 Å². The highest BCUT2D eigenvalue weighted by molar-refractivity contribution is 6.37. The Hall–Kier alpha value is -2.98. The van der Waals surface area contributed by atoms with Crippen molar-refractivity contribution in [3.8, 4) is 5.69 Å². The fraction of sp³-hybridized carbons (Fsp3) is 0.200. The van der Waals surface area contributed by atoms with E-state index in [0.717, 1.165) is 16.5 Å². The topological polar surface area (TPSA) is 138 Å². The van der Waals surface area contributed by atoms with Gasteiger partial charge in [0.2, 0.25) is 0 Å². The summed E-state index contributed by atoms with van der Waals surface area (Å²) in [5.41, 5.74) is 12.6. The molecule has 0 aliphatic heterocycles. The van der Waals surface area contributed by atoms with E-state index in [1.54, 1.807) is 31.3 Å². The Morgan fingerprint density at radius 1 is 1.26 bits per heavy atom. The van der Waals surface area contributed by atoms with Crippen LogP contribution in [0.5, 0.6) is 0 Å². The van der Waals surface area contributed by atoms with Gasteiger partial charge in [0.15, 0.2) is 0 Å². The van der Waals surface area contributed by atoms with Crippen molar-refractivity contribution in [3.63, 3.8) is 0 Å². The maximum absolute atomic E-state index is 13.1. The van der Waals surface area contributed by atoms with E-state index in [0.29, 0.717) is 11.3 Å². The lowest BCUT2D eigenvalue weighted by Gasteiger charge is -2.14. The van der Waals surface area contributed by atoms with Gasteiger partial charge in [-0.1, -0.05) is 23.2 Å². The third-order valence-corrected chi connectivity index (χ3v) is 4.98. The van der Waals surface area contributed by atoms with Crippen LogP contribution in [0.25, 0.3) is 5.69 Å². The maximum Gasteiger partial charge on any atom is 0.273 e. The van der Waals surface area contributed by atoms with Crippen LogP contribution in [0.2, 0.25) is 10.0 Å². The number of methoxy groups -OCH3 is 1. The number of nitrogens with one attached hydrogen (secondary N) is 1. The molecule has 1 aromatic carbocycles. The molecule has 11 heteroatoms. The summed E-state index contributed by atoms with van der Waals surface area (Å²) in [5.74, 6) is -0.991. The summed E-state index contributed by atoms with van der Waals surface area (Å²) in [6.07, 6.45) is 4.18. The highest BCUT2D eigenvalue weighted by atomic mass is 35.5. The minimum atomic E-state index is -0.753. The zero-order chi connectivity index (χ0) is 22.7. The van der Waals surface area contributed by atoms with Crippen LogP contribution in [0.3, 0.4) is 0 Å². The molecule has 0 aliphatic carbocycles. The predicted molar refractivity (Wildman–Crippen MR) is 120 cm³/mol. The van der Waals surface area contributed by atoms with E-state index >= 15 is 0 Å². The van der Waals surface area contributed by atoms with Crippen molar-refractivity contribution in [1.29, 1.82) is 0 Å². The van der Waals surface area contributed by atoms with Gasteiger partial charge in [-0.15, -0.1) is 0 Å². The molecule has 0 spiro atoms. The molecule has 0 bridgehead atoms. The van der Waals surface area contributed by atoms with Gasteiger partial charge in [-0.3, -0.25) is 19.1 Å². The van der Waals surface area contributed by atoms with Gasteiger partial charge in [-0.25, -0.2) is 4.98 Å². The van der Waals surface area contributed by atoms with Crippen molar-refractivity contribution in [2.24, 2.45) is 5.73 Å². The van der Waals surface area contributed by atoms with E-state index in [9.17, 15) is 9.59 Å². The molecule has 31 heavy (non-hydrogen) atoms. The molecule has 0 fully saturated rings. The Bertz CT molecular complexity index is 1170. The summed E-state index contributed by atoms with van der Waals surface area (Å²) >= 11 is 12.7. The normalized spacial score (nSPS) is 11.9. The number of ether oxygens (including phenoxy) is 1. The van der Waals surface area contributed by atoms with E-state index in [2.05, 4.69) is 15.3 Å². The number of hydrogen-bond donors (Lipinski definition) is 3. The van der Waals surface area contributed by atoms with Gasteiger partial charge in [-0.05, 0) is 36.2 Å². The molecule has 1 amide bonds.